The summed E-state index contributed by atoms with van der Waals surface area (Å²) in [5.41, 5.74) is 6.93. The topological polar surface area (TPSA) is 42.1 Å². The van der Waals surface area contributed by atoms with Crippen molar-refractivity contribution in [3.05, 3.63) is 23.9 Å². The smallest absolute Gasteiger partial charge is 0.128 e. The van der Waals surface area contributed by atoms with Gasteiger partial charge in [0.05, 0.1) is 0 Å². The summed E-state index contributed by atoms with van der Waals surface area (Å²) in [5, 5.41) is 0.749. The number of aromatic nitrogens is 1. The lowest BCUT2D eigenvalue weighted by molar-refractivity contribution is 0.718. The van der Waals surface area contributed by atoms with Crippen molar-refractivity contribution in [2.45, 2.75) is 31.6 Å². The molecule has 1 aromatic heterocycles. The van der Waals surface area contributed by atoms with E-state index in [1.807, 2.05) is 13.1 Å². The molecule has 0 radical (unpaired) electrons. The van der Waals surface area contributed by atoms with Gasteiger partial charge in [-0.3, -0.25) is 0 Å². The van der Waals surface area contributed by atoms with E-state index in [0.29, 0.717) is 0 Å². The van der Waals surface area contributed by atoms with Gasteiger partial charge in [0.15, 0.2) is 0 Å². The fourth-order valence-electron chi connectivity index (χ4n) is 2.03. The minimum Gasteiger partial charge on any atom is -0.355 e. The van der Waals surface area contributed by atoms with Crippen LogP contribution in [0.5, 0.6) is 0 Å². The van der Waals surface area contributed by atoms with E-state index in [1.165, 1.54) is 12.2 Å². The van der Waals surface area contributed by atoms with Crippen LogP contribution in [0.4, 0.5) is 5.82 Å². The van der Waals surface area contributed by atoms with Gasteiger partial charge in [-0.05, 0) is 25.0 Å². The average molecular weight is 251 g/mol. The van der Waals surface area contributed by atoms with E-state index in [1.54, 1.807) is 0 Å². The van der Waals surface area contributed by atoms with E-state index < -0.39 is 0 Å². The molecule has 0 aromatic carbocycles. The summed E-state index contributed by atoms with van der Waals surface area (Å²) in [7, 11) is 0. The van der Waals surface area contributed by atoms with Gasteiger partial charge in [0.1, 0.15) is 5.82 Å². The molecule has 0 saturated carbocycles. The number of hydrogen-bond donors (Lipinski definition) is 1. The van der Waals surface area contributed by atoms with Crippen LogP contribution in [0.15, 0.2) is 18.3 Å². The highest BCUT2D eigenvalue weighted by Gasteiger charge is 2.19. The number of nitrogens with two attached hydrogens (primary N) is 1. The summed E-state index contributed by atoms with van der Waals surface area (Å²) >= 11 is 2.08. The molecule has 0 amide bonds. The second-order valence-corrected chi connectivity index (χ2v) is 5.99. The largest absolute Gasteiger partial charge is 0.355 e. The lowest BCUT2D eigenvalue weighted by Gasteiger charge is -2.32. The van der Waals surface area contributed by atoms with Crippen LogP contribution in [-0.2, 0) is 0 Å². The standard InChI is InChI=1S/C13H21N3S/c1-3-12-9-16(6-7-17-12)13-5-4-11(8-15-13)10(2)14/h4-5,8,10,12H,3,6-7,9,14H2,1-2H3/t10-,12?/m0/s1. The SMILES string of the molecule is CCC1CN(c2ccc([C@H](C)N)cn2)CCS1. The highest BCUT2D eigenvalue weighted by molar-refractivity contribution is 8.00. The Morgan fingerprint density at radius 1 is 1.59 bits per heavy atom. The Bertz CT molecular complexity index is 350. The van der Waals surface area contributed by atoms with Gasteiger partial charge in [0.25, 0.3) is 0 Å². The Morgan fingerprint density at radius 2 is 2.41 bits per heavy atom. The summed E-state index contributed by atoms with van der Waals surface area (Å²) in [6.45, 7) is 6.46. The zero-order valence-electron chi connectivity index (χ0n) is 10.6. The first kappa shape index (κ1) is 12.7. The zero-order valence-corrected chi connectivity index (χ0v) is 11.4. The molecule has 2 rings (SSSR count). The van der Waals surface area contributed by atoms with Crippen molar-refractivity contribution in [3.8, 4) is 0 Å². The highest BCUT2D eigenvalue weighted by Crippen LogP contribution is 2.24. The quantitative estimate of drug-likeness (QED) is 0.896. The Balaban J connectivity index is 2.06. The monoisotopic (exact) mass is 251 g/mol. The van der Waals surface area contributed by atoms with Gasteiger partial charge in [0.2, 0.25) is 0 Å². The Kier molecular flexibility index (Phi) is 4.29. The molecule has 0 bridgehead atoms. The van der Waals surface area contributed by atoms with Crippen LogP contribution >= 0.6 is 11.8 Å². The fraction of sp³-hybridized carbons (Fsp3) is 0.615. The minimum absolute atomic E-state index is 0.0665. The molecule has 1 aliphatic heterocycles. The van der Waals surface area contributed by atoms with Gasteiger partial charge >= 0.3 is 0 Å². The molecule has 1 fully saturated rings. The van der Waals surface area contributed by atoms with E-state index in [-0.39, 0.29) is 6.04 Å². The van der Waals surface area contributed by atoms with Gasteiger partial charge in [-0.2, -0.15) is 11.8 Å². The summed E-state index contributed by atoms with van der Waals surface area (Å²) in [6, 6.07) is 4.26. The maximum atomic E-state index is 5.83. The predicted molar refractivity (Wildman–Crippen MR) is 75.6 cm³/mol. The number of thioether (sulfide) groups is 1. The first-order valence-corrected chi connectivity index (χ1v) is 7.33. The lowest BCUT2D eigenvalue weighted by Crippen LogP contribution is -2.38. The third kappa shape index (κ3) is 3.13. The molecule has 4 heteroatoms. The Morgan fingerprint density at radius 3 is 3.00 bits per heavy atom. The van der Waals surface area contributed by atoms with Crippen molar-refractivity contribution in [2.75, 3.05) is 23.7 Å². The van der Waals surface area contributed by atoms with Gasteiger partial charge in [-0.1, -0.05) is 13.0 Å². The van der Waals surface area contributed by atoms with Crippen LogP contribution in [-0.4, -0.2) is 29.1 Å². The maximum absolute atomic E-state index is 5.83. The molecule has 0 aliphatic carbocycles. The van der Waals surface area contributed by atoms with E-state index in [4.69, 9.17) is 5.73 Å². The van der Waals surface area contributed by atoms with E-state index in [9.17, 15) is 0 Å². The summed E-state index contributed by atoms with van der Waals surface area (Å²) in [4.78, 5) is 6.91. The summed E-state index contributed by atoms with van der Waals surface area (Å²) in [5.74, 6) is 2.29. The third-order valence-electron chi connectivity index (χ3n) is 3.21. The Labute approximate surface area is 108 Å². The van der Waals surface area contributed by atoms with E-state index in [0.717, 1.165) is 29.7 Å². The van der Waals surface area contributed by atoms with Crippen molar-refractivity contribution in [1.29, 1.82) is 0 Å². The van der Waals surface area contributed by atoms with Crippen LogP contribution in [0.1, 0.15) is 31.9 Å². The van der Waals surface area contributed by atoms with Crippen molar-refractivity contribution in [2.24, 2.45) is 5.73 Å². The van der Waals surface area contributed by atoms with Crippen LogP contribution in [0.2, 0.25) is 0 Å². The molecule has 2 N–H and O–H groups in total. The molecular weight excluding hydrogens is 230 g/mol. The van der Waals surface area contributed by atoms with Crippen LogP contribution < -0.4 is 10.6 Å². The first-order valence-electron chi connectivity index (χ1n) is 6.28. The van der Waals surface area contributed by atoms with Gasteiger partial charge in [-0.15, -0.1) is 0 Å². The molecule has 17 heavy (non-hydrogen) atoms. The molecule has 1 aliphatic rings. The number of nitrogens with zero attached hydrogens (tertiary/aromatic N) is 2. The molecule has 94 valence electrons. The van der Waals surface area contributed by atoms with Gasteiger partial charge in [-0.25, -0.2) is 4.98 Å². The minimum atomic E-state index is 0.0665. The molecule has 1 saturated heterocycles. The molecular formula is C13H21N3S. The van der Waals surface area contributed by atoms with Gasteiger partial charge in [0, 0.05) is 36.3 Å². The summed E-state index contributed by atoms with van der Waals surface area (Å²) < 4.78 is 0. The van der Waals surface area contributed by atoms with Crippen LogP contribution in [0, 0.1) is 0 Å². The maximum Gasteiger partial charge on any atom is 0.128 e. The number of hydrogen-bond acceptors (Lipinski definition) is 4. The molecule has 2 atom stereocenters. The second-order valence-electron chi connectivity index (χ2n) is 4.59. The first-order chi connectivity index (χ1) is 8.20. The normalized spacial score (nSPS) is 22.5. The lowest BCUT2D eigenvalue weighted by atomic mass is 10.1. The fourth-order valence-corrected chi connectivity index (χ4v) is 3.21. The molecule has 1 aromatic rings. The molecule has 0 spiro atoms. The average Bonchev–Trinajstić information content (AvgIpc) is 2.39. The van der Waals surface area contributed by atoms with Crippen molar-refractivity contribution in [3.63, 3.8) is 0 Å². The number of rotatable bonds is 3. The zero-order chi connectivity index (χ0) is 12.3. The van der Waals surface area contributed by atoms with E-state index in [2.05, 4.69) is 40.7 Å². The third-order valence-corrected chi connectivity index (χ3v) is 4.59. The highest BCUT2D eigenvalue weighted by atomic mass is 32.2. The molecule has 1 unspecified atom stereocenters. The molecule has 2 heterocycles. The number of anilines is 1. The van der Waals surface area contributed by atoms with Gasteiger partial charge < -0.3 is 10.6 Å². The van der Waals surface area contributed by atoms with Crippen LogP contribution in [0.3, 0.4) is 0 Å². The van der Waals surface area contributed by atoms with Crippen molar-refractivity contribution >= 4 is 17.6 Å². The van der Waals surface area contributed by atoms with Crippen molar-refractivity contribution in [1.82, 2.24) is 4.98 Å². The van der Waals surface area contributed by atoms with Crippen molar-refractivity contribution < 1.29 is 0 Å². The van der Waals surface area contributed by atoms with E-state index >= 15 is 0 Å². The Hall–Kier alpha value is -0.740. The summed E-state index contributed by atoms with van der Waals surface area (Å²) in [6.07, 6.45) is 3.14. The molecule has 3 nitrogen and oxygen atoms in total. The second kappa shape index (κ2) is 5.74. The number of pyridine rings is 1. The van der Waals surface area contributed by atoms with Crippen LogP contribution in [0.25, 0.3) is 0 Å². The predicted octanol–water partition coefficient (Wildman–Crippen LogP) is 2.43.